The molecule has 5 heteroatoms. The van der Waals surface area contributed by atoms with Crippen LogP contribution in [-0.2, 0) is 13.1 Å². The quantitative estimate of drug-likeness (QED) is 0.806. The third kappa shape index (κ3) is 3.49. The minimum Gasteiger partial charge on any atom is -0.366 e. The minimum atomic E-state index is 0.669. The molecule has 2 rings (SSSR count). The molecule has 2 aromatic heterocycles. The topological polar surface area (TPSA) is 62.7 Å². The molecule has 2 aromatic rings. The molecular weight excluding hydrogens is 214 g/mol. The monoisotopic (exact) mass is 229 g/mol. The molecule has 0 aliphatic rings. The Kier molecular flexibility index (Phi) is 3.99. The first-order chi connectivity index (χ1) is 8.38. The van der Waals surface area contributed by atoms with Crippen molar-refractivity contribution in [2.45, 2.75) is 13.1 Å². The molecule has 2 heterocycles. The number of hydrogen-bond donors (Lipinski definition) is 2. The average molecular weight is 229 g/mol. The summed E-state index contributed by atoms with van der Waals surface area (Å²) < 4.78 is 0. The van der Waals surface area contributed by atoms with Crippen LogP contribution in [0.25, 0.3) is 0 Å². The van der Waals surface area contributed by atoms with Gasteiger partial charge in [-0.15, -0.1) is 0 Å². The summed E-state index contributed by atoms with van der Waals surface area (Å²) in [5.41, 5.74) is 1.13. The van der Waals surface area contributed by atoms with Crippen molar-refractivity contribution in [1.82, 2.24) is 20.3 Å². The minimum absolute atomic E-state index is 0.669. The first kappa shape index (κ1) is 11.5. The second-order valence-corrected chi connectivity index (χ2v) is 3.60. The van der Waals surface area contributed by atoms with Crippen LogP contribution >= 0.6 is 0 Å². The number of hydrogen-bond acceptors (Lipinski definition) is 5. The van der Waals surface area contributed by atoms with E-state index in [1.54, 1.807) is 12.4 Å². The SMILES string of the molecule is CNCc1nccc(NCc2cccnc2)n1. The van der Waals surface area contributed by atoms with E-state index in [1.807, 2.05) is 31.4 Å². The van der Waals surface area contributed by atoms with Crippen molar-refractivity contribution in [2.24, 2.45) is 0 Å². The second-order valence-electron chi connectivity index (χ2n) is 3.60. The molecule has 0 radical (unpaired) electrons. The van der Waals surface area contributed by atoms with Gasteiger partial charge in [0.1, 0.15) is 11.6 Å². The van der Waals surface area contributed by atoms with E-state index in [-0.39, 0.29) is 0 Å². The first-order valence-corrected chi connectivity index (χ1v) is 5.48. The maximum absolute atomic E-state index is 4.37. The number of nitrogens with one attached hydrogen (secondary N) is 2. The third-order valence-corrected chi connectivity index (χ3v) is 2.24. The summed E-state index contributed by atoms with van der Waals surface area (Å²) in [6, 6.07) is 5.80. The molecule has 2 N–H and O–H groups in total. The zero-order valence-electron chi connectivity index (χ0n) is 9.72. The van der Waals surface area contributed by atoms with Crippen molar-refractivity contribution in [2.75, 3.05) is 12.4 Å². The van der Waals surface area contributed by atoms with Crippen molar-refractivity contribution >= 4 is 5.82 Å². The maximum atomic E-state index is 4.37. The molecule has 0 spiro atoms. The Balaban J connectivity index is 1.97. The molecule has 17 heavy (non-hydrogen) atoms. The smallest absolute Gasteiger partial charge is 0.144 e. The van der Waals surface area contributed by atoms with Gasteiger partial charge in [-0.25, -0.2) is 9.97 Å². The molecule has 0 unspecified atom stereocenters. The van der Waals surface area contributed by atoms with E-state index in [9.17, 15) is 0 Å². The third-order valence-electron chi connectivity index (χ3n) is 2.24. The molecule has 0 atom stereocenters. The molecular formula is C12H15N5. The summed E-state index contributed by atoms with van der Waals surface area (Å²) in [5.74, 6) is 1.61. The number of rotatable bonds is 5. The van der Waals surface area contributed by atoms with Crippen molar-refractivity contribution in [3.05, 3.63) is 48.2 Å². The highest BCUT2D eigenvalue weighted by molar-refractivity contribution is 5.34. The van der Waals surface area contributed by atoms with Gasteiger partial charge in [0.25, 0.3) is 0 Å². The zero-order valence-corrected chi connectivity index (χ0v) is 9.72. The fraction of sp³-hybridized carbons (Fsp3) is 0.250. The lowest BCUT2D eigenvalue weighted by molar-refractivity contribution is 0.758. The molecule has 0 bridgehead atoms. The van der Waals surface area contributed by atoms with Crippen LogP contribution < -0.4 is 10.6 Å². The van der Waals surface area contributed by atoms with Crippen LogP contribution in [0.5, 0.6) is 0 Å². The van der Waals surface area contributed by atoms with Crippen LogP contribution in [0.1, 0.15) is 11.4 Å². The van der Waals surface area contributed by atoms with Crippen LogP contribution in [-0.4, -0.2) is 22.0 Å². The van der Waals surface area contributed by atoms with Gasteiger partial charge in [0, 0.05) is 25.1 Å². The highest BCUT2D eigenvalue weighted by Gasteiger charge is 1.98. The van der Waals surface area contributed by atoms with Gasteiger partial charge in [-0.05, 0) is 24.7 Å². The lowest BCUT2D eigenvalue weighted by atomic mass is 10.3. The van der Waals surface area contributed by atoms with Gasteiger partial charge in [-0.1, -0.05) is 6.07 Å². The lowest BCUT2D eigenvalue weighted by Gasteiger charge is -2.06. The van der Waals surface area contributed by atoms with Crippen LogP contribution in [0, 0.1) is 0 Å². The van der Waals surface area contributed by atoms with Crippen molar-refractivity contribution < 1.29 is 0 Å². The molecule has 5 nitrogen and oxygen atoms in total. The molecule has 0 saturated heterocycles. The molecule has 0 saturated carbocycles. The fourth-order valence-electron chi connectivity index (χ4n) is 1.44. The van der Waals surface area contributed by atoms with E-state index < -0.39 is 0 Å². The largest absolute Gasteiger partial charge is 0.366 e. The lowest BCUT2D eigenvalue weighted by Crippen LogP contribution is -2.10. The first-order valence-electron chi connectivity index (χ1n) is 5.48. The van der Waals surface area contributed by atoms with Crippen molar-refractivity contribution in [3.8, 4) is 0 Å². The molecule has 0 aliphatic carbocycles. The van der Waals surface area contributed by atoms with Gasteiger partial charge in [0.05, 0.1) is 6.54 Å². The normalized spacial score (nSPS) is 10.2. The van der Waals surface area contributed by atoms with Gasteiger partial charge < -0.3 is 10.6 Å². The molecule has 0 fully saturated rings. The van der Waals surface area contributed by atoms with Crippen LogP contribution in [0.4, 0.5) is 5.82 Å². The van der Waals surface area contributed by atoms with Crippen LogP contribution in [0.3, 0.4) is 0 Å². The van der Waals surface area contributed by atoms with E-state index >= 15 is 0 Å². The Labute approximate surface area is 100 Å². The maximum Gasteiger partial charge on any atom is 0.144 e. The van der Waals surface area contributed by atoms with Gasteiger partial charge in [0.2, 0.25) is 0 Å². The Bertz CT molecular complexity index is 457. The average Bonchev–Trinajstić information content (AvgIpc) is 2.39. The summed E-state index contributed by atoms with van der Waals surface area (Å²) in [6.07, 6.45) is 5.35. The van der Waals surface area contributed by atoms with Gasteiger partial charge in [-0.3, -0.25) is 4.98 Å². The highest BCUT2D eigenvalue weighted by atomic mass is 15.0. The van der Waals surface area contributed by atoms with E-state index in [4.69, 9.17) is 0 Å². The Hall–Kier alpha value is -2.01. The predicted molar refractivity (Wildman–Crippen MR) is 66.4 cm³/mol. The van der Waals surface area contributed by atoms with Crippen molar-refractivity contribution in [3.63, 3.8) is 0 Å². The van der Waals surface area contributed by atoms with Crippen LogP contribution in [0.2, 0.25) is 0 Å². The summed E-state index contributed by atoms with van der Waals surface area (Å²) in [7, 11) is 1.87. The number of aromatic nitrogens is 3. The van der Waals surface area contributed by atoms with E-state index in [0.717, 1.165) is 17.2 Å². The Morgan fingerprint density at radius 2 is 2.12 bits per heavy atom. The van der Waals surface area contributed by atoms with Gasteiger partial charge in [-0.2, -0.15) is 0 Å². The van der Waals surface area contributed by atoms with E-state index in [2.05, 4.69) is 25.6 Å². The molecule has 88 valence electrons. The summed E-state index contributed by atoms with van der Waals surface area (Å²) in [5, 5.41) is 6.26. The molecule has 0 amide bonds. The number of anilines is 1. The Morgan fingerprint density at radius 1 is 1.18 bits per heavy atom. The summed E-state index contributed by atoms with van der Waals surface area (Å²) in [4.78, 5) is 12.6. The Morgan fingerprint density at radius 3 is 2.88 bits per heavy atom. The fourth-order valence-corrected chi connectivity index (χ4v) is 1.44. The number of pyridine rings is 1. The zero-order chi connectivity index (χ0) is 11.9. The summed E-state index contributed by atoms with van der Waals surface area (Å²) in [6.45, 7) is 1.38. The summed E-state index contributed by atoms with van der Waals surface area (Å²) >= 11 is 0. The number of nitrogens with zero attached hydrogens (tertiary/aromatic N) is 3. The highest BCUT2D eigenvalue weighted by Crippen LogP contribution is 2.05. The van der Waals surface area contributed by atoms with Gasteiger partial charge >= 0.3 is 0 Å². The van der Waals surface area contributed by atoms with Crippen molar-refractivity contribution in [1.29, 1.82) is 0 Å². The standard InChI is InChI=1S/C12H15N5/c1-13-9-12-15-6-4-11(17-12)16-8-10-3-2-5-14-7-10/h2-7,13H,8-9H2,1H3,(H,15,16,17). The van der Waals surface area contributed by atoms with Crippen LogP contribution in [0.15, 0.2) is 36.8 Å². The van der Waals surface area contributed by atoms with E-state index in [1.165, 1.54) is 0 Å². The second kappa shape index (κ2) is 5.91. The van der Waals surface area contributed by atoms with E-state index in [0.29, 0.717) is 13.1 Å². The predicted octanol–water partition coefficient (Wildman–Crippen LogP) is 1.20. The molecule has 0 aromatic carbocycles. The molecule has 0 aliphatic heterocycles. The van der Waals surface area contributed by atoms with Gasteiger partial charge in [0.15, 0.2) is 0 Å².